The summed E-state index contributed by atoms with van der Waals surface area (Å²) in [7, 11) is 0. The van der Waals surface area contributed by atoms with Gasteiger partial charge in [-0.1, -0.05) is 127 Å². The Labute approximate surface area is 301 Å². The number of hydrogen-bond acceptors (Lipinski definition) is 5. The van der Waals surface area contributed by atoms with E-state index in [1.165, 1.54) is 11.0 Å². The number of allylic oxidation sites excluding steroid dienone is 4. The van der Waals surface area contributed by atoms with Gasteiger partial charge in [0, 0.05) is 22.8 Å². The number of fused-ring (bicyclic) bond motifs is 5. The van der Waals surface area contributed by atoms with E-state index in [2.05, 4.69) is 12.7 Å². The molecule has 0 spiro atoms. The fraction of sp³-hybridized carbons (Fsp3) is 0.174. The van der Waals surface area contributed by atoms with Gasteiger partial charge in [-0.25, -0.2) is 0 Å². The number of phenolic OH excluding ortho intramolecular Hbond substituents is 1. The number of benzene rings is 5. The first-order valence-electron chi connectivity index (χ1n) is 17.8. The maximum Gasteiger partial charge on any atom is 0.238 e. The number of aromatic hydroxyl groups is 1. The first-order valence-corrected chi connectivity index (χ1v) is 17.8. The maximum atomic E-state index is 15.3. The summed E-state index contributed by atoms with van der Waals surface area (Å²) in [6.07, 6.45) is 5.87. The minimum absolute atomic E-state index is 0.113. The SMILES string of the molecule is C=Cc1ccc(N2C(=O)C3CC=C4C(CC5C(=O)C(c6ccccc6)=CC(=O)C5(c5ccccc5)C4c4ccc(O)c5ccccc45)C3C2=O)cc1. The number of nitrogens with zero attached hydrogens (tertiary/aromatic N) is 1. The van der Waals surface area contributed by atoms with E-state index in [9.17, 15) is 14.7 Å². The van der Waals surface area contributed by atoms with Gasteiger partial charge in [-0.2, -0.15) is 0 Å². The zero-order valence-corrected chi connectivity index (χ0v) is 28.3. The van der Waals surface area contributed by atoms with Crippen LogP contribution in [0, 0.1) is 23.7 Å². The standard InChI is InChI=1S/C46H35NO5/c1-2-27-17-19-30(20-18-27)47-44(51)35-22-21-34-37(41(35)45(47)52)25-38-43(50)36(28-11-5-3-6-12-28)26-40(49)46(38,29-13-7-4-8-14-29)42(34)33-23-24-39(48)32-16-10-9-15-31(32)33/h2-21,23-24,26,35,37-38,41-42,48H,1,22,25H2. The fourth-order valence-electron chi connectivity index (χ4n) is 9.79. The highest BCUT2D eigenvalue weighted by atomic mass is 16.3. The van der Waals surface area contributed by atoms with Gasteiger partial charge in [-0.05, 0) is 70.7 Å². The first-order chi connectivity index (χ1) is 25.3. The number of rotatable bonds is 5. The second-order valence-corrected chi connectivity index (χ2v) is 14.3. The summed E-state index contributed by atoms with van der Waals surface area (Å²) in [6.45, 7) is 3.82. The highest BCUT2D eigenvalue weighted by Gasteiger charge is 2.66. The average molecular weight is 682 g/mol. The molecule has 2 amide bonds. The Bertz CT molecular complexity index is 2390. The summed E-state index contributed by atoms with van der Waals surface area (Å²) in [5.74, 6) is -4.06. The summed E-state index contributed by atoms with van der Waals surface area (Å²) < 4.78 is 0. The van der Waals surface area contributed by atoms with E-state index in [0.29, 0.717) is 28.6 Å². The summed E-state index contributed by atoms with van der Waals surface area (Å²) in [4.78, 5) is 60.7. The molecule has 254 valence electrons. The Morgan fingerprint density at radius 2 is 1.40 bits per heavy atom. The predicted molar refractivity (Wildman–Crippen MR) is 201 cm³/mol. The normalized spacial score (nSPS) is 26.7. The van der Waals surface area contributed by atoms with E-state index in [-0.39, 0.29) is 35.6 Å². The summed E-state index contributed by atoms with van der Waals surface area (Å²) in [6, 6.07) is 37.1. The van der Waals surface area contributed by atoms with Crippen LogP contribution in [-0.4, -0.2) is 28.5 Å². The molecule has 1 saturated heterocycles. The Morgan fingerprint density at radius 1 is 0.731 bits per heavy atom. The van der Waals surface area contributed by atoms with Gasteiger partial charge in [-0.15, -0.1) is 0 Å². The molecule has 1 N–H and O–H groups in total. The Balaban J connectivity index is 1.30. The lowest BCUT2D eigenvalue weighted by molar-refractivity contribution is -0.134. The van der Waals surface area contributed by atoms with Crippen molar-refractivity contribution in [3.05, 3.63) is 168 Å². The summed E-state index contributed by atoms with van der Waals surface area (Å²) >= 11 is 0. The van der Waals surface area contributed by atoms with Crippen molar-refractivity contribution in [3.8, 4) is 5.75 Å². The molecule has 5 aromatic carbocycles. The van der Waals surface area contributed by atoms with Crippen LogP contribution in [0.2, 0.25) is 0 Å². The van der Waals surface area contributed by atoms with Crippen LogP contribution < -0.4 is 4.90 Å². The predicted octanol–water partition coefficient (Wildman–Crippen LogP) is 8.22. The molecule has 1 saturated carbocycles. The monoisotopic (exact) mass is 681 g/mol. The molecular formula is C46H35NO5. The van der Waals surface area contributed by atoms with Crippen molar-refractivity contribution in [1.29, 1.82) is 0 Å². The van der Waals surface area contributed by atoms with Crippen molar-refractivity contribution >= 4 is 51.5 Å². The van der Waals surface area contributed by atoms with E-state index in [1.807, 2.05) is 103 Å². The molecule has 6 unspecified atom stereocenters. The number of amides is 2. The second kappa shape index (κ2) is 12.0. The number of phenols is 1. The van der Waals surface area contributed by atoms with Crippen LogP contribution in [0.1, 0.15) is 41.0 Å². The molecule has 2 fully saturated rings. The van der Waals surface area contributed by atoms with Crippen molar-refractivity contribution < 1.29 is 24.3 Å². The van der Waals surface area contributed by atoms with E-state index >= 15 is 9.59 Å². The zero-order chi connectivity index (χ0) is 35.7. The van der Waals surface area contributed by atoms with Gasteiger partial charge in [0.05, 0.1) is 22.9 Å². The van der Waals surface area contributed by atoms with Gasteiger partial charge in [0.1, 0.15) is 5.75 Å². The Kier molecular flexibility index (Phi) is 7.33. The van der Waals surface area contributed by atoms with Gasteiger partial charge in [-0.3, -0.25) is 24.1 Å². The lowest BCUT2D eigenvalue weighted by Gasteiger charge is -2.55. The molecule has 0 radical (unpaired) electrons. The molecule has 3 aliphatic carbocycles. The van der Waals surface area contributed by atoms with Crippen molar-refractivity contribution in [2.75, 3.05) is 4.90 Å². The zero-order valence-electron chi connectivity index (χ0n) is 28.3. The van der Waals surface area contributed by atoms with Crippen LogP contribution in [0.5, 0.6) is 5.75 Å². The van der Waals surface area contributed by atoms with Crippen LogP contribution in [0.4, 0.5) is 5.69 Å². The lowest BCUT2D eigenvalue weighted by Crippen LogP contribution is -2.58. The molecule has 6 nitrogen and oxygen atoms in total. The van der Waals surface area contributed by atoms with Crippen molar-refractivity contribution in [3.63, 3.8) is 0 Å². The molecule has 9 rings (SSSR count). The van der Waals surface area contributed by atoms with Crippen LogP contribution in [-0.2, 0) is 24.6 Å². The van der Waals surface area contributed by atoms with Gasteiger partial charge >= 0.3 is 0 Å². The fourth-order valence-corrected chi connectivity index (χ4v) is 9.79. The molecule has 4 aliphatic rings. The van der Waals surface area contributed by atoms with Crippen molar-refractivity contribution in [2.45, 2.75) is 24.2 Å². The van der Waals surface area contributed by atoms with Crippen LogP contribution in [0.25, 0.3) is 22.4 Å². The third-order valence-electron chi connectivity index (χ3n) is 12.0. The molecule has 6 atom stereocenters. The van der Waals surface area contributed by atoms with Gasteiger partial charge in [0.15, 0.2) is 11.6 Å². The Morgan fingerprint density at radius 3 is 2.12 bits per heavy atom. The van der Waals surface area contributed by atoms with Gasteiger partial charge < -0.3 is 5.11 Å². The third-order valence-corrected chi connectivity index (χ3v) is 12.0. The van der Waals surface area contributed by atoms with Crippen molar-refractivity contribution in [1.82, 2.24) is 0 Å². The Hall–Kier alpha value is -6.14. The molecule has 1 heterocycles. The molecule has 0 aromatic heterocycles. The smallest absolute Gasteiger partial charge is 0.238 e. The number of Topliss-reactive ketones (excluding diaryl/α,β-unsaturated/α-hetero) is 1. The number of imide groups is 1. The van der Waals surface area contributed by atoms with E-state index in [4.69, 9.17) is 0 Å². The van der Waals surface area contributed by atoms with Gasteiger partial charge in [0.25, 0.3) is 0 Å². The van der Waals surface area contributed by atoms with Crippen LogP contribution in [0.15, 0.2) is 146 Å². The number of carbonyl (C=O) groups is 4. The highest BCUT2D eigenvalue weighted by molar-refractivity contribution is 6.32. The number of carbonyl (C=O) groups excluding carboxylic acids is 4. The van der Waals surface area contributed by atoms with Crippen LogP contribution >= 0.6 is 0 Å². The first kappa shape index (κ1) is 31.8. The van der Waals surface area contributed by atoms with E-state index in [1.54, 1.807) is 24.3 Å². The summed E-state index contributed by atoms with van der Waals surface area (Å²) in [5, 5.41) is 12.4. The molecule has 6 heteroatoms. The molecular weight excluding hydrogens is 647 g/mol. The molecule has 0 bridgehead atoms. The number of hydrogen-bond donors (Lipinski definition) is 1. The third kappa shape index (κ3) is 4.43. The molecule has 1 aliphatic heterocycles. The van der Waals surface area contributed by atoms with Gasteiger partial charge in [0.2, 0.25) is 11.8 Å². The topological polar surface area (TPSA) is 91.8 Å². The minimum Gasteiger partial charge on any atom is -0.507 e. The lowest BCUT2D eigenvalue weighted by atomic mass is 9.44. The highest BCUT2D eigenvalue weighted by Crippen LogP contribution is 2.64. The second-order valence-electron chi connectivity index (χ2n) is 14.3. The number of ketones is 2. The molecule has 52 heavy (non-hydrogen) atoms. The van der Waals surface area contributed by atoms with E-state index in [0.717, 1.165) is 27.6 Å². The maximum absolute atomic E-state index is 15.3. The summed E-state index contributed by atoms with van der Waals surface area (Å²) in [5.41, 5.74) is 3.46. The van der Waals surface area contributed by atoms with Crippen molar-refractivity contribution in [2.24, 2.45) is 23.7 Å². The largest absolute Gasteiger partial charge is 0.507 e. The average Bonchev–Trinajstić information content (AvgIpc) is 3.45. The molecule has 5 aromatic rings. The van der Waals surface area contributed by atoms with Crippen LogP contribution in [0.3, 0.4) is 0 Å². The number of anilines is 1. The minimum atomic E-state index is -1.35. The van der Waals surface area contributed by atoms with E-state index < -0.39 is 35.0 Å². The quantitative estimate of drug-likeness (QED) is 0.149.